The van der Waals surface area contributed by atoms with Gasteiger partial charge in [-0.05, 0) is 51.5 Å². The number of hydrogen-bond acceptors (Lipinski definition) is 6. The molecule has 0 N–H and O–H groups in total. The van der Waals surface area contributed by atoms with Gasteiger partial charge in [-0.3, -0.25) is 14.0 Å². The van der Waals surface area contributed by atoms with Crippen molar-refractivity contribution in [1.82, 2.24) is 14.0 Å². The molecule has 0 aliphatic rings. The van der Waals surface area contributed by atoms with E-state index in [4.69, 9.17) is 14.5 Å². The Kier molecular flexibility index (Phi) is 7.22. The Morgan fingerprint density at radius 2 is 2.06 bits per heavy atom. The second-order valence-electron chi connectivity index (χ2n) is 7.49. The van der Waals surface area contributed by atoms with E-state index in [9.17, 15) is 14.4 Å². The Morgan fingerprint density at radius 1 is 1.30 bits per heavy atom. The van der Waals surface area contributed by atoms with E-state index in [1.54, 1.807) is 23.8 Å². The first kappa shape index (κ1) is 23.6. The third-order valence-electron chi connectivity index (χ3n) is 4.81. The summed E-state index contributed by atoms with van der Waals surface area (Å²) in [6.45, 7) is 10.5. The van der Waals surface area contributed by atoms with Crippen LogP contribution in [-0.4, -0.2) is 39.0 Å². The first-order chi connectivity index (χ1) is 15.8. The van der Waals surface area contributed by atoms with E-state index in [1.807, 2.05) is 26.8 Å². The van der Waals surface area contributed by atoms with Crippen molar-refractivity contribution in [2.75, 3.05) is 13.2 Å². The Bertz CT molecular complexity index is 1400. The molecule has 0 fully saturated rings. The minimum Gasteiger partial charge on any atom is -0.491 e. The van der Waals surface area contributed by atoms with Gasteiger partial charge in [0.05, 0.1) is 18.3 Å². The second kappa shape index (κ2) is 10.1. The molecule has 1 amide bonds. The summed E-state index contributed by atoms with van der Waals surface area (Å²) in [5, 5.41) is 0.214. The SMILES string of the molecule is C=C/C=C/OCC(=O)N=c1c(C(=O)OCC)cc2c(=O)n3cccc(C)c3nc2n1C(C)C. The molecule has 3 rings (SSSR count). The second-order valence-corrected chi connectivity index (χ2v) is 7.49. The first-order valence-corrected chi connectivity index (χ1v) is 10.5. The van der Waals surface area contributed by atoms with E-state index >= 15 is 0 Å². The Morgan fingerprint density at radius 3 is 2.73 bits per heavy atom. The van der Waals surface area contributed by atoms with Crippen molar-refractivity contribution in [2.45, 2.75) is 33.7 Å². The van der Waals surface area contributed by atoms with Crippen LogP contribution in [0.1, 0.15) is 42.7 Å². The highest BCUT2D eigenvalue weighted by Gasteiger charge is 2.21. The number of hydrogen-bond donors (Lipinski definition) is 0. The third kappa shape index (κ3) is 4.77. The van der Waals surface area contributed by atoms with Gasteiger partial charge in [-0.15, -0.1) is 0 Å². The van der Waals surface area contributed by atoms with Crippen molar-refractivity contribution < 1.29 is 19.1 Å². The van der Waals surface area contributed by atoms with Crippen molar-refractivity contribution in [2.24, 2.45) is 4.99 Å². The number of carbonyl (C=O) groups is 2. The average Bonchev–Trinajstić information content (AvgIpc) is 2.77. The fourth-order valence-electron chi connectivity index (χ4n) is 3.39. The predicted octanol–water partition coefficient (Wildman–Crippen LogP) is 2.86. The largest absolute Gasteiger partial charge is 0.491 e. The molecule has 9 heteroatoms. The van der Waals surface area contributed by atoms with Gasteiger partial charge in [0, 0.05) is 12.2 Å². The van der Waals surface area contributed by atoms with Gasteiger partial charge in [-0.2, -0.15) is 4.99 Å². The van der Waals surface area contributed by atoms with Gasteiger partial charge in [-0.1, -0.05) is 18.7 Å². The zero-order valence-corrected chi connectivity index (χ0v) is 19.1. The highest BCUT2D eigenvalue weighted by Crippen LogP contribution is 2.16. The van der Waals surface area contributed by atoms with Crippen LogP contribution in [-0.2, 0) is 14.3 Å². The maximum absolute atomic E-state index is 13.3. The molecule has 0 aliphatic carbocycles. The number of amides is 1. The molecule has 0 unspecified atom stereocenters. The quantitative estimate of drug-likeness (QED) is 0.237. The summed E-state index contributed by atoms with van der Waals surface area (Å²) in [5.74, 6) is -1.31. The number of esters is 1. The first-order valence-electron chi connectivity index (χ1n) is 10.5. The van der Waals surface area contributed by atoms with Gasteiger partial charge in [0.2, 0.25) is 0 Å². The molecule has 0 saturated heterocycles. The standard InChI is InChI=1S/C24H26N4O5/c1-6-8-12-32-14-19(29)25-22-18(24(31)33-7-2)13-17-21(28(22)15(3)4)26-20-16(5)10-9-11-27(20)23(17)30/h6,8-13,15H,1,7,14H2,2-5H3/b12-8+,25-22?. The summed E-state index contributed by atoms with van der Waals surface area (Å²) in [6, 6.07) is 4.71. The maximum atomic E-state index is 13.3. The van der Waals surface area contributed by atoms with Gasteiger partial charge in [0.25, 0.3) is 11.5 Å². The molecule has 3 heterocycles. The smallest absolute Gasteiger partial charge is 0.341 e. The molecular formula is C24H26N4O5. The molecule has 0 bridgehead atoms. The molecule has 9 nitrogen and oxygen atoms in total. The van der Waals surface area contributed by atoms with Crippen LogP contribution in [0.25, 0.3) is 16.7 Å². The van der Waals surface area contributed by atoms with Crippen molar-refractivity contribution in [3.8, 4) is 0 Å². The number of carbonyl (C=O) groups excluding carboxylic acids is 2. The lowest BCUT2D eigenvalue weighted by Crippen LogP contribution is -2.34. The van der Waals surface area contributed by atoms with Crippen LogP contribution in [0.2, 0.25) is 0 Å². The van der Waals surface area contributed by atoms with Crippen molar-refractivity contribution in [3.63, 3.8) is 0 Å². The number of pyridine rings is 2. The van der Waals surface area contributed by atoms with Gasteiger partial charge < -0.3 is 14.0 Å². The molecule has 0 aliphatic heterocycles. The van der Waals surface area contributed by atoms with Crippen LogP contribution in [0.4, 0.5) is 0 Å². The lowest BCUT2D eigenvalue weighted by atomic mass is 10.2. The molecule has 0 atom stereocenters. The molecular weight excluding hydrogens is 424 g/mol. The molecule has 33 heavy (non-hydrogen) atoms. The van der Waals surface area contributed by atoms with Crippen LogP contribution in [0.3, 0.4) is 0 Å². The number of aromatic nitrogens is 3. The summed E-state index contributed by atoms with van der Waals surface area (Å²) in [7, 11) is 0. The number of rotatable bonds is 7. The summed E-state index contributed by atoms with van der Waals surface area (Å²) < 4.78 is 13.4. The zero-order valence-electron chi connectivity index (χ0n) is 19.1. The Labute approximate surface area is 190 Å². The fourth-order valence-corrected chi connectivity index (χ4v) is 3.39. The van der Waals surface area contributed by atoms with E-state index in [2.05, 4.69) is 11.6 Å². The van der Waals surface area contributed by atoms with Crippen LogP contribution >= 0.6 is 0 Å². The van der Waals surface area contributed by atoms with E-state index in [1.165, 1.54) is 28.9 Å². The Hall–Kier alpha value is -4.01. The molecule has 0 radical (unpaired) electrons. The fraction of sp³-hybridized carbons (Fsp3) is 0.292. The predicted molar refractivity (Wildman–Crippen MR) is 124 cm³/mol. The number of fused-ring (bicyclic) bond motifs is 2. The minimum absolute atomic E-state index is 0.000429. The van der Waals surface area contributed by atoms with Gasteiger partial charge in [0.15, 0.2) is 12.1 Å². The number of ether oxygens (including phenoxy) is 2. The van der Waals surface area contributed by atoms with Gasteiger partial charge in [0.1, 0.15) is 16.9 Å². The van der Waals surface area contributed by atoms with Crippen molar-refractivity contribution in [3.05, 3.63) is 76.4 Å². The Balaban J connectivity index is 2.41. The topological polar surface area (TPSA) is 104 Å². The number of aryl methyl sites for hydroxylation is 1. The van der Waals surface area contributed by atoms with E-state index in [-0.39, 0.29) is 41.3 Å². The summed E-state index contributed by atoms with van der Waals surface area (Å²) in [6.07, 6.45) is 5.98. The molecule has 0 saturated carbocycles. The van der Waals surface area contributed by atoms with Crippen LogP contribution in [0.15, 0.2) is 59.2 Å². The lowest BCUT2D eigenvalue weighted by molar-refractivity contribution is -0.120. The van der Waals surface area contributed by atoms with Crippen LogP contribution in [0.5, 0.6) is 0 Å². The highest BCUT2D eigenvalue weighted by atomic mass is 16.5. The maximum Gasteiger partial charge on any atom is 0.341 e. The van der Waals surface area contributed by atoms with E-state index < -0.39 is 11.9 Å². The number of nitrogens with zero attached hydrogens (tertiary/aromatic N) is 4. The highest BCUT2D eigenvalue weighted by molar-refractivity contribution is 5.94. The third-order valence-corrected chi connectivity index (χ3v) is 4.81. The van der Waals surface area contributed by atoms with Gasteiger partial charge in [-0.25, -0.2) is 9.78 Å². The van der Waals surface area contributed by atoms with E-state index in [0.29, 0.717) is 11.3 Å². The van der Waals surface area contributed by atoms with Crippen LogP contribution in [0, 0.1) is 6.92 Å². The number of allylic oxidation sites excluding steroid dienone is 2. The monoisotopic (exact) mass is 450 g/mol. The minimum atomic E-state index is -0.693. The molecule has 172 valence electrons. The average molecular weight is 450 g/mol. The molecule has 0 aromatic carbocycles. The summed E-state index contributed by atoms with van der Waals surface area (Å²) >= 11 is 0. The summed E-state index contributed by atoms with van der Waals surface area (Å²) in [5.41, 5.74) is 1.31. The normalized spacial score (nSPS) is 12.1. The summed E-state index contributed by atoms with van der Waals surface area (Å²) in [4.78, 5) is 47.5. The molecule has 3 aromatic rings. The van der Waals surface area contributed by atoms with Crippen molar-refractivity contribution in [1.29, 1.82) is 0 Å². The lowest BCUT2D eigenvalue weighted by Gasteiger charge is -2.18. The van der Waals surface area contributed by atoms with Gasteiger partial charge >= 0.3 is 5.97 Å². The van der Waals surface area contributed by atoms with E-state index in [0.717, 1.165) is 5.56 Å². The molecule has 3 aromatic heterocycles. The zero-order chi connectivity index (χ0) is 24.1. The van der Waals surface area contributed by atoms with Crippen molar-refractivity contribution >= 4 is 28.6 Å². The van der Waals surface area contributed by atoms with Crippen LogP contribution < -0.4 is 11.0 Å². The molecule has 0 spiro atoms.